The Morgan fingerprint density at radius 1 is 1.11 bits per heavy atom. The van der Waals surface area contributed by atoms with Crippen molar-refractivity contribution in [2.24, 2.45) is 0 Å². The Labute approximate surface area is 115 Å². The molecule has 0 saturated heterocycles. The van der Waals surface area contributed by atoms with Crippen LogP contribution < -0.4 is 0 Å². The van der Waals surface area contributed by atoms with Gasteiger partial charge in [-0.15, -0.1) is 0 Å². The quantitative estimate of drug-likeness (QED) is 0.758. The van der Waals surface area contributed by atoms with Gasteiger partial charge < -0.3 is 5.11 Å². The molecule has 0 radical (unpaired) electrons. The number of rotatable bonds is 1. The summed E-state index contributed by atoms with van der Waals surface area (Å²) in [6.07, 6.45) is 0. The first-order valence-corrected chi connectivity index (χ1v) is 6.63. The highest BCUT2D eigenvalue weighted by Crippen LogP contribution is 2.36. The zero-order valence-corrected chi connectivity index (χ0v) is 12.3. The van der Waals surface area contributed by atoms with E-state index >= 15 is 0 Å². The van der Waals surface area contributed by atoms with E-state index in [1.165, 1.54) is 6.07 Å². The molecule has 0 bridgehead atoms. The summed E-state index contributed by atoms with van der Waals surface area (Å²) in [6, 6.07) is 9.98. The van der Waals surface area contributed by atoms with E-state index in [4.69, 9.17) is 0 Å². The fourth-order valence-electron chi connectivity index (χ4n) is 1.64. The van der Waals surface area contributed by atoms with Gasteiger partial charge in [0, 0.05) is 15.6 Å². The molecule has 0 unspecified atom stereocenters. The molecule has 0 aliphatic heterocycles. The van der Waals surface area contributed by atoms with Crippen LogP contribution in [0.3, 0.4) is 0 Å². The van der Waals surface area contributed by atoms with E-state index in [-0.39, 0.29) is 11.6 Å². The number of hydrogen-bond acceptors (Lipinski definition) is 1. The second-order valence-corrected chi connectivity index (χ2v) is 4.48. The summed E-state index contributed by atoms with van der Waals surface area (Å²) in [6.45, 7) is 5.82. The van der Waals surface area contributed by atoms with Crippen molar-refractivity contribution in [3.8, 4) is 16.9 Å². The summed E-state index contributed by atoms with van der Waals surface area (Å²) in [7, 11) is 0. The molecule has 0 aliphatic carbocycles. The van der Waals surface area contributed by atoms with Crippen molar-refractivity contribution in [3.63, 3.8) is 0 Å². The molecule has 0 aliphatic rings. The van der Waals surface area contributed by atoms with Gasteiger partial charge in [0.15, 0.2) is 0 Å². The van der Waals surface area contributed by atoms with E-state index < -0.39 is 0 Å². The Bertz CT molecular complexity index is 515. The normalized spacial score (nSPS) is 9.61. The summed E-state index contributed by atoms with van der Waals surface area (Å²) in [5.74, 6) is -0.265. The van der Waals surface area contributed by atoms with Gasteiger partial charge in [0.25, 0.3) is 0 Å². The van der Waals surface area contributed by atoms with Crippen LogP contribution in [-0.2, 0) is 0 Å². The summed E-state index contributed by atoms with van der Waals surface area (Å²) in [5.41, 5.74) is 1.72. The maximum atomic E-state index is 13.8. The average molecular weight is 311 g/mol. The summed E-state index contributed by atoms with van der Waals surface area (Å²) >= 11 is 3.32. The molecule has 0 atom stereocenters. The third-order valence-corrected chi connectivity index (χ3v) is 2.99. The van der Waals surface area contributed by atoms with Gasteiger partial charge in [-0.25, -0.2) is 4.39 Å². The SMILES string of the molecule is CC.Cc1cc(F)c(-c2ccccc2O)c(Br)c1. The zero-order valence-electron chi connectivity index (χ0n) is 10.7. The van der Waals surface area contributed by atoms with Gasteiger partial charge in [0.05, 0.1) is 0 Å². The number of phenolic OH excluding ortho intramolecular Hbond substituents is 1. The second kappa shape index (κ2) is 6.55. The van der Waals surface area contributed by atoms with Crippen molar-refractivity contribution < 1.29 is 9.50 Å². The van der Waals surface area contributed by atoms with Crippen LogP contribution in [0.4, 0.5) is 4.39 Å². The average Bonchev–Trinajstić information content (AvgIpc) is 2.33. The molecule has 3 heteroatoms. The number of para-hydroxylation sites is 1. The molecule has 0 saturated carbocycles. The van der Waals surface area contributed by atoms with Crippen LogP contribution in [0.2, 0.25) is 0 Å². The lowest BCUT2D eigenvalue weighted by Gasteiger charge is -2.09. The minimum Gasteiger partial charge on any atom is -0.507 e. The van der Waals surface area contributed by atoms with E-state index in [9.17, 15) is 9.50 Å². The van der Waals surface area contributed by atoms with Crippen LogP contribution in [0.15, 0.2) is 40.9 Å². The molecule has 1 N–H and O–H groups in total. The summed E-state index contributed by atoms with van der Waals surface area (Å²) in [5, 5.41) is 9.69. The Balaban J connectivity index is 0.000000771. The van der Waals surface area contributed by atoms with Gasteiger partial charge >= 0.3 is 0 Å². The van der Waals surface area contributed by atoms with Crippen LogP contribution in [0.1, 0.15) is 19.4 Å². The molecule has 1 nitrogen and oxygen atoms in total. The van der Waals surface area contributed by atoms with Crippen molar-refractivity contribution in [3.05, 3.63) is 52.3 Å². The Hall–Kier alpha value is -1.35. The lowest BCUT2D eigenvalue weighted by atomic mass is 10.0. The fourth-order valence-corrected chi connectivity index (χ4v) is 2.41. The fraction of sp³-hybridized carbons (Fsp3) is 0.200. The van der Waals surface area contributed by atoms with Gasteiger partial charge in [0.1, 0.15) is 11.6 Å². The molecule has 0 aromatic heterocycles. The van der Waals surface area contributed by atoms with Crippen molar-refractivity contribution >= 4 is 15.9 Å². The highest BCUT2D eigenvalue weighted by molar-refractivity contribution is 9.10. The van der Waals surface area contributed by atoms with Crippen molar-refractivity contribution in [1.29, 1.82) is 0 Å². The lowest BCUT2D eigenvalue weighted by molar-refractivity contribution is 0.476. The van der Waals surface area contributed by atoms with Gasteiger partial charge in [-0.1, -0.05) is 48.0 Å². The second-order valence-electron chi connectivity index (χ2n) is 3.62. The van der Waals surface area contributed by atoms with Crippen LogP contribution in [0.25, 0.3) is 11.1 Å². The van der Waals surface area contributed by atoms with Gasteiger partial charge in [-0.2, -0.15) is 0 Å². The summed E-state index contributed by atoms with van der Waals surface area (Å²) < 4.78 is 14.5. The monoisotopic (exact) mass is 310 g/mol. The van der Waals surface area contributed by atoms with Crippen LogP contribution in [-0.4, -0.2) is 5.11 Å². The van der Waals surface area contributed by atoms with Gasteiger partial charge in [0.2, 0.25) is 0 Å². The van der Waals surface area contributed by atoms with Crippen LogP contribution >= 0.6 is 15.9 Å². The molecule has 0 fully saturated rings. The molecular formula is C15H16BrFO. The number of benzene rings is 2. The maximum Gasteiger partial charge on any atom is 0.132 e. The predicted molar refractivity (Wildman–Crippen MR) is 77.3 cm³/mol. The van der Waals surface area contributed by atoms with Crippen molar-refractivity contribution in [2.75, 3.05) is 0 Å². The molecule has 2 rings (SSSR count). The van der Waals surface area contributed by atoms with E-state index in [1.807, 2.05) is 26.8 Å². The zero-order chi connectivity index (χ0) is 13.7. The number of hydrogen-bond donors (Lipinski definition) is 1. The van der Waals surface area contributed by atoms with Crippen LogP contribution in [0, 0.1) is 12.7 Å². The molecule has 2 aromatic rings. The van der Waals surface area contributed by atoms with Gasteiger partial charge in [-0.05, 0) is 30.7 Å². The van der Waals surface area contributed by atoms with Gasteiger partial charge in [-0.3, -0.25) is 0 Å². The first kappa shape index (κ1) is 14.7. The summed E-state index contributed by atoms with van der Waals surface area (Å²) in [4.78, 5) is 0. The van der Waals surface area contributed by atoms with Crippen LogP contribution in [0.5, 0.6) is 5.75 Å². The highest BCUT2D eigenvalue weighted by atomic mass is 79.9. The Kier molecular flexibility index (Phi) is 5.35. The van der Waals surface area contributed by atoms with E-state index in [0.717, 1.165) is 5.56 Å². The minimum absolute atomic E-state index is 0.0750. The highest BCUT2D eigenvalue weighted by Gasteiger charge is 2.13. The minimum atomic E-state index is -0.339. The molecule has 96 valence electrons. The molecule has 0 spiro atoms. The molecule has 18 heavy (non-hydrogen) atoms. The Morgan fingerprint density at radius 3 is 2.28 bits per heavy atom. The first-order valence-electron chi connectivity index (χ1n) is 5.83. The number of aryl methyl sites for hydroxylation is 1. The smallest absolute Gasteiger partial charge is 0.132 e. The standard InChI is InChI=1S/C13H10BrFO.C2H6/c1-8-6-10(14)13(11(15)7-8)9-4-2-3-5-12(9)16;1-2/h2-7,16H,1H3;1-2H3. The maximum absolute atomic E-state index is 13.8. The van der Waals surface area contributed by atoms with E-state index in [1.54, 1.807) is 24.3 Å². The topological polar surface area (TPSA) is 20.2 Å². The molecular weight excluding hydrogens is 295 g/mol. The molecule has 0 amide bonds. The third-order valence-electron chi connectivity index (χ3n) is 2.36. The first-order chi connectivity index (χ1) is 8.59. The van der Waals surface area contributed by atoms with Crippen molar-refractivity contribution in [1.82, 2.24) is 0 Å². The Morgan fingerprint density at radius 2 is 1.72 bits per heavy atom. The number of phenols is 1. The molecule has 0 heterocycles. The van der Waals surface area contributed by atoms with E-state index in [2.05, 4.69) is 15.9 Å². The number of aromatic hydroxyl groups is 1. The third kappa shape index (κ3) is 3.10. The largest absolute Gasteiger partial charge is 0.507 e. The van der Waals surface area contributed by atoms with E-state index in [0.29, 0.717) is 15.6 Å². The number of halogens is 2. The molecule has 2 aromatic carbocycles. The predicted octanol–water partition coefficient (Wildman–Crippen LogP) is 5.30. The lowest BCUT2D eigenvalue weighted by Crippen LogP contribution is -1.88. The van der Waals surface area contributed by atoms with Crippen molar-refractivity contribution in [2.45, 2.75) is 20.8 Å².